The minimum absolute atomic E-state index is 0.372. The van der Waals surface area contributed by atoms with Crippen LogP contribution >= 0.6 is 0 Å². The van der Waals surface area contributed by atoms with Crippen molar-refractivity contribution < 1.29 is 14.4 Å². The molecule has 0 aliphatic heterocycles. The van der Waals surface area contributed by atoms with Crippen molar-refractivity contribution in [2.75, 3.05) is 6.54 Å². The van der Waals surface area contributed by atoms with Gasteiger partial charge in [-0.3, -0.25) is 4.84 Å². The van der Waals surface area contributed by atoms with Gasteiger partial charge >= 0.3 is 6.09 Å². The number of unbranched alkanes of at least 4 members (excludes halogenated alkanes) is 7. The van der Waals surface area contributed by atoms with Gasteiger partial charge in [0.25, 0.3) is 0 Å². The van der Waals surface area contributed by atoms with Gasteiger partial charge in [-0.15, -0.1) is 0 Å². The van der Waals surface area contributed by atoms with E-state index >= 15 is 0 Å². The highest BCUT2D eigenvalue weighted by molar-refractivity contribution is 5.66. The monoisotopic (exact) mass is 363 g/mol. The van der Waals surface area contributed by atoms with Crippen LogP contribution in [0.3, 0.4) is 0 Å². The molecule has 4 nitrogen and oxygen atoms in total. The topological polar surface area (TPSA) is 38.8 Å². The minimum Gasteiger partial charge on any atom is -0.442 e. The number of amides is 1. The number of carbonyl (C=O) groups is 1. The molecule has 148 valence electrons. The molecule has 1 rings (SSSR count). The van der Waals surface area contributed by atoms with Crippen LogP contribution in [0, 0.1) is 0 Å². The van der Waals surface area contributed by atoms with Gasteiger partial charge in [-0.2, -0.15) is 5.06 Å². The maximum absolute atomic E-state index is 12.4. The second kappa shape index (κ2) is 12.7. The fourth-order valence-electron chi connectivity index (χ4n) is 2.64. The Labute approximate surface area is 159 Å². The number of hydrogen-bond donors (Lipinski definition) is 0. The van der Waals surface area contributed by atoms with Crippen LogP contribution in [0.5, 0.6) is 0 Å². The number of rotatable bonds is 12. The first-order chi connectivity index (χ1) is 12.4. The Morgan fingerprint density at radius 2 is 1.50 bits per heavy atom. The Kier molecular flexibility index (Phi) is 11.0. The molecule has 0 fully saturated rings. The third-order valence-electron chi connectivity index (χ3n) is 4.04. The number of nitrogens with zero attached hydrogens (tertiary/aromatic N) is 1. The Hall–Kier alpha value is -1.55. The van der Waals surface area contributed by atoms with Crippen molar-refractivity contribution in [2.45, 2.75) is 91.3 Å². The summed E-state index contributed by atoms with van der Waals surface area (Å²) in [5.41, 5.74) is 0.516. The highest BCUT2D eigenvalue weighted by Gasteiger charge is 2.22. The smallest absolute Gasteiger partial charge is 0.434 e. The number of hydroxylamine groups is 2. The third kappa shape index (κ3) is 11.1. The molecule has 0 aliphatic carbocycles. The van der Waals surface area contributed by atoms with Crippen LogP contribution < -0.4 is 0 Å². The van der Waals surface area contributed by atoms with E-state index in [1.807, 2.05) is 51.1 Å². The lowest BCUT2D eigenvalue weighted by atomic mass is 10.1. The molecule has 0 heterocycles. The van der Waals surface area contributed by atoms with Gasteiger partial charge in [-0.05, 0) is 32.8 Å². The zero-order valence-electron chi connectivity index (χ0n) is 17.1. The second-order valence-electron chi connectivity index (χ2n) is 7.82. The molecule has 0 saturated carbocycles. The molecule has 1 aromatic rings. The average molecular weight is 364 g/mol. The van der Waals surface area contributed by atoms with Gasteiger partial charge in [-0.1, -0.05) is 82.2 Å². The number of hydrogen-bond acceptors (Lipinski definition) is 3. The molecule has 0 aromatic heterocycles. The van der Waals surface area contributed by atoms with E-state index in [1.165, 1.54) is 43.6 Å². The van der Waals surface area contributed by atoms with E-state index in [1.54, 1.807) is 0 Å². The zero-order chi connectivity index (χ0) is 19.3. The Bertz CT molecular complexity index is 482. The summed E-state index contributed by atoms with van der Waals surface area (Å²) >= 11 is 0. The molecule has 26 heavy (non-hydrogen) atoms. The summed E-state index contributed by atoms with van der Waals surface area (Å²) in [5, 5.41) is 1.38. The van der Waals surface area contributed by atoms with Crippen LogP contribution in [0.2, 0.25) is 0 Å². The molecule has 1 amide bonds. The van der Waals surface area contributed by atoms with Crippen molar-refractivity contribution in [3.63, 3.8) is 0 Å². The molecule has 0 bridgehead atoms. The average Bonchev–Trinajstić information content (AvgIpc) is 2.59. The van der Waals surface area contributed by atoms with Crippen molar-refractivity contribution >= 4 is 6.09 Å². The summed E-state index contributed by atoms with van der Waals surface area (Å²) in [7, 11) is 0. The van der Waals surface area contributed by atoms with Gasteiger partial charge in [0, 0.05) is 0 Å². The van der Waals surface area contributed by atoms with Gasteiger partial charge < -0.3 is 4.74 Å². The molecule has 0 unspecified atom stereocenters. The van der Waals surface area contributed by atoms with E-state index in [-0.39, 0.29) is 0 Å². The first-order valence-corrected chi connectivity index (χ1v) is 10.1. The summed E-state index contributed by atoms with van der Waals surface area (Å²) in [6.07, 6.45) is 9.39. The predicted molar refractivity (Wildman–Crippen MR) is 107 cm³/mol. The zero-order valence-corrected chi connectivity index (χ0v) is 17.1. The first kappa shape index (κ1) is 22.5. The van der Waals surface area contributed by atoms with Crippen molar-refractivity contribution in [1.82, 2.24) is 5.06 Å². The Balaban J connectivity index is 2.38. The fourth-order valence-corrected chi connectivity index (χ4v) is 2.64. The van der Waals surface area contributed by atoms with Gasteiger partial charge in [0.2, 0.25) is 0 Å². The molecule has 0 aliphatic rings. The predicted octanol–water partition coefficient (Wildman–Crippen LogP) is 6.50. The number of ether oxygens (including phenoxy) is 1. The summed E-state index contributed by atoms with van der Waals surface area (Å²) in [6, 6.07) is 9.88. The number of benzene rings is 1. The molecular formula is C22H37NO3. The summed E-state index contributed by atoms with van der Waals surface area (Å²) in [5.74, 6) is 0. The molecule has 0 radical (unpaired) electrons. The SMILES string of the molecule is CCCCCCCCCCN(OCc1ccccc1)C(=O)OC(C)(C)C. The van der Waals surface area contributed by atoms with Crippen LogP contribution in [-0.4, -0.2) is 23.3 Å². The highest BCUT2D eigenvalue weighted by Crippen LogP contribution is 2.14. The van der Waals surface area contributed by atoms with Gasteiger partial charge in [-0.25, -0.2) is 4.79 Å². The molecule has 0 saturated heterocycles. The van der Waals surface area contributed by atoms with E-state index in [0.717, 1.165) is 18.4 Å². The van der Waals surface area contributed by atoms with Crippen molar-refractivity contribution in [1.29, 1.82) is 0 Å². The van der Waals surface area contributed by atoms with Crippen molar-refractivity contribution in [3.05, 3.63) is 35.9 Å². The van der Waals surface area contributed by atoms with Gasteiger partial charge in [0.05, 0.1) is 6.54 Å². The molecule has 4 heteroatoms. The highest BCUT2D eigenvalue weighted by atomic mass is 16.7. The maximum Gasteiger partial charge on any atom is 0.434 e. The normalized spacial score (nSPS) is 11.4. The van der Waals surface area contributed by atoms with Crippen LogP contribution in [0.1, 0.15) is 84.6 Å². The van der Waals surface area contributed by atoms with Crippen LogP contribution in [0.25, 0.3) is 0 Å². The molecule has 0 N–H and O–H groups in total. The van der Waals surface area contributed by atoms with Crippen molar-refractivity contribution in [3.8, 4) is 0 Å². The second-order valence-corrected chi connectivity index (χ2v) is 7.82. The van der Waals surface area contributed by atoms with Crippen LogP contribution in [-0.2, 0) is 16.2 Å². The summed E-state index contributed by atoms with van der Waals surface area (Å²) in [6.45, 7) is 8.79. The third-order valence-corrected chi connectivity index (χ3v) is 4.04. The van der Waals surface area contributed by atoms with Crippen LogP contribution in [0.15, 0.2) is 30.3 Å². The number of carbonyl (C=O) groups excluding carboxylic acids is 1. The summed E-state index contributed by atoms with van der Waals surface area (Å²) < 4.78 is 5.47. The quantitative estimate of drug-likeness (QED) is 0.314. The fraction of sp³-hybridized carbons (Fsp3) is 0.682. The van der Waals surface area contributed by atoms with Crippen LogP contribution in [0.4, 0.5) is 4.79 Å². The largest absolute Gasteiger partial charge is 0.442 e. The minimum atomic E-state index is -0.523. The van der Waals surface area contributed by atoms with Gasteiger partial charge in [0.1, 0.15) is 12.2 Å². The molecule has 0 atom stereocenters. The van der Waals surface area contributed by atoms with E-state index in [9.17, 15) is 4.79 Å². The molecular weight excluding hydrogens is 326 g/mol. The summed E-state index contributed by atoms with van der Waals surface area (Å²) in [4.78, 5) is 18.2. The van der Waals surface area contributed by atoms with E-state index in [4.69, 9.17) is 9.57 Å². The van der Waals surface area contributed by atoms with E-state index < -0.39 is 11.7 Å². The Morgan fingerprint density at radius 1 is 0.923 bits per heavy atom. The Morgan fingerprint density at radius 3 is 2.08 bits per heavy atom. The van der Waals surface area contributed by atoms with E-state index in [0.29, 0.717) is 13.2 Å². The van der Waals surface area contributed by atoms with Gasteiger partial charge in [0.15, 0.2) is 0 Å². The lowest BCUT2D eigenvalue weighted by molar-refractivity contribution is -0.156. The lowest BCUT2D eigenvalue weighted by Gasteiger charge is -2.26. The standard InChI is InChI=1S/C22H37NO3/c1-5-6-7-8-9-10-11-15-18-23(21(24)26-22(2,3)4)25-19-20-16-13-12-14-17-20/h12-14,16-17H,5-11,15,18-19H2,1-4H3. The van der Waals surface area contributed by atoms with Crippen molar-refractivity contribution in [2.24, 2.45) is 0 Å². The maximum atomic E-state index is 12.4. The molecule has 1 aromatic carbocycles. The lowest BCUT2D eigenvalue weighted by Crippen LogP contribution is -2.37. The molecule has 0 spiro atoms. The first-order valence-electron chi connectivity index (χ1n) is 10.1. The van der Waals surface area contributed by atoms with E-state index in [2.05, 4.69) is 6.92 Å².